The number of nitrogens with zero attached hydrogens (tertiary/aromatic N) is 3. The molecule has 0 N–H and O–H groups in total. The highest BCUT2D eigenvalue weighted by Gasteiger charge is 2.11. The first-order chi connectivity index (χ1) is 9.44. The molecule has 2 rings (SSSR count). The first-order valence-electron chi connectivity index (χ1n) is 5.65. The molecule has 0 bridgehead atoms. The molecular weight excluding hydrogens is 369 g/mol. The van der Waals surface area contributed by atoms with Crippen molar-refractivity contribution in [1.29, 1.82) is 0 Å². The second-order valence-corrected chi connectivity index (χ2v) is 5.64. The summed E-state index contributed by atoms with van der Waals surface area (Å²) in [5.74, 6) is 0.507. The van der Waals surface area contributed by atoms with Crippen LogP contribution in [0.25, 0.3) is 0 Å². The summed E-state index contributed by atoms with van der Waals surface area (Å²) < 4.78 is 11.6. The van der Waals surface area contributed by atoms with Crippen LogP contribution >= 0.6 is 39.1 Å². The maximum Gasteiger partial charge on any atom is 0.329 e. The third-order valence-corrected chi connectivity index (χ3v) is 3.03. The Morgan fingerprint density at radius 3 is 2.45 bits per heavy atom. The van der Waals surface area contributed by atoms with Crippen molar-refractivity contribution in [2.24, 2.45) is 0 Å². The molecule has 20 heavy (non-hydrogen) atoms. The smallest absolute Gasteiger partial charge is 0.329 e. The molecular formula is C12H10BrCl2N3O2. The SMILES string of the molecule is CC(C)Oc1nc(Cl)nc(Oc2ccc(Cl)cc2Br)n1. The van der Waals surface area contributed by atoms with Gasteiger partial charge in [0.15, 0.2) is 0 Å². The molecule has 0 atom stereocenters. The van der Waals surface area contributed by atoms with Gasteiger partial charge in [-0.05, 0) is 59.6 Å². The van der Waals surface area contributed by atoms with E-state index in [1.807, 2.05) is 13.8 Å². The lowest BCUT2D eigenvalue weighted by atomic mass is 10.3. The Morgan fingerprint density at radius 2 is 1.80 bits per heavy atom. The van der Waals surface area contributed by atoms with E-state index in [9.17, 15) is 0 Å². The zero-order chi connectivity index (χ0) is 14.7. The minimum absolute atomic E-state index is 0.00395. The fourth-order valence-corrected chi connectivity index (χ4v) is 2.19. The molecule has 2 aromatic rings. The third kappa shape index (κ3) is 4.19. The molecule has 106 valence electrons. The van der Waals surface area contributed by atoms with E-state index in [1.165, 1.54) is 0 Å². The lowest BCUT2D eigenvalue weighted by Crippen LogP contribution is -2.09. The van der Waals surface area contributed by atoms with Gasteiger partial charge in [0.1, 0.15) is 5.75 Å². The Labute approximate surface area is 134 Å². The minimum Gasteiger partial charge on any atom is -0.461 e. The number of hydrogen-bond donors (Lipinski definition) is 0. The monoisotopic (exact) mass is 377 g/mol. The van der Waals surface area contributed by atoms with Crippen molar-refractivity contribution in [3.8, 4) is 17.8 Å². The average molecular weight is 379 g/mol. The molecule has 5 nitrogen and oxygen atoms in total. The average Bonchev–Trinajstić information content (AvgIpc) is 2.31. The van der Waals surface area contributed by atoms with E-state index >= 15 is 0 Å². The molecule has 1 aromatic heterocycles. The van der Waals surface area contributed by atoms with Gasteiger partial charge in [-0.2, -0.15) is 9.97 Å². The van der Waals surface area contributed by atoms with Crippen molar-refractivity contribution >= 4 is 39.1 Å². The van der Waals surface area contributed by atoms with Crippen LogP contribution in [-0.4, -0.2) is 21.1 Å². The summed E-state index contributed by atoms with van der Waals surface area (Å²) in [5.41, 5.74) is 0. The topological polar surface area (TPSA) is 57.1 Å². The van der Waals surface area contributed by atoms with Crippen molar-refractivity contribution in [2.75, 3.05) is 0 Å². The van der Waals surface area contributed by atoms with Crippen LogP contribution in [0.15, 0.2) is 22.7 Å². The maximum atomic E-state index is 5.86. The Balaban J connectivity index is 2.26. The van der Waals surface area contributed by atoms with Gasteiger partial charge in [-0.15, -0.1) is 4.98 Å². The number of aromatic nitrogens is 3. The Bertz CT molecular complexity index is 626. The normalized spacial score (nSPS) is 10.7. The van der Waals surface area contributed by atoms with E-state index in [-0.39, 0.29) is 23.4 Å². The predicted octanol–water partition coefficient (Wildman–Crippen LogP) is 4.52. The summed E-state index contributed by atoms with van der Waals surface area (Å²) in [6, 6.07) is 5.23. The first kappa shape index (κ1) is 15.3. The van der Waals surface area contributed by atoms with Crippen LogP contribution in [0.1, 0.15) is 13.8 Å². The van der Waals surface area contributed by atoms with E-state index in [0.29, 0.717) is 15.2 Å². The summed E-state index contributed by atoms with van der Waals surface area (Å²) in [6.07, 6.45) is -0.0800. The quantitative estimate of drug-likeness (QED) is 0.782. The molecule has 0 aliphatic carbocycles. The highest BCUT2D eigenvalue weighted by molar-refractivity contribution is 9.10. The number of ether oxygens (including phenoxy) is 2. The van der Waals surface area contributed by atoms with Crippen LogP contribution in [-0.2, 0) is 0 Å². The van der Waals surface area contributed by atoms with Crippen LogP contribution in [0, 0.1) is 0 Å². The van der Waals surface area contributed by atoms with Gasteiger partial charge in [-0.25, -0.2) is 0 Å². The lowest BCUT2D eigenvalue weighted by molar-refractivity contribution is 0.218. The van der Waals surface area contributed by atoms with Gasteiger partial charge in [0.2, 0.25) is 5.28 Å². The molecule has 1 aromatic carbocycles. The lowest BCUT2D eigenvalue weighted by Gasteiger charge is -2.10. The van der Waals surface area contributed by atoms with Crippen LogP contribution in [0.4, 0.5) is 0 Å². The number of hydrogen-bond acceptors (Lipinski definition) is 5. The highest BCUT2D eigenvalue weighted by Crippen LogP contribution is 2.31. The zero-order valence-corrected chi connectivity index (χ0v) is 13.7. The zero-order valence-electron chi connectivity index (χ0n) is 10.6. The van der Waals surface area contributed by atoms with Crippen molar-refractivity contribution in [1.82, 2.24) is 15.0 Å². The summed E-state index contributed by atoms with van der Waals surface area (Å²) in [4.78, 5) is 11.8. The van der Waals surface area contributed by atoms with Crippen LogP contribution in [0.2, 0.25) is 10.3 Å². The van der Waals surface area contributed by atoms with E-state index in [2.05, 4.69) is 30.9 Å². The number of halogens is 3. The van der Waals surface area contributed by atoms with Crippen molar-refractivity contribution in [3.63, 3.8) is 0 Å². The third-order valence-electron chi connectivity index (χ3n) is 2.00. The van der Waals surface area contributed by atoms with Crippen LogP contribution < -0.4 is 9.47 Å². The van der Waals surface area contributed by atoms with E-state index < -0.39 is 0 Å². The fourth-order valence-electron chi connectivity index (χ4n) is 1.28. The largest absolute Gasteiger partial charge is 0.461 e. The Hall–Kier alpha value is -1.11. The summed E-state index contributed by atoms with van der Waals surface area (Å²) >= 11 is 15.0. The van der Waals surface area contributed by atoms with Crippen LogP contribution in [0.5, 0.6) is 17.8 Å². The van der Waals surface area contributed by atoms with Gasteiger partial charge >= 0.3 is 12.0 Å². The van der Waals surface area contributed by atoms with Gasteiger partial charge in [0.05, 0.1) is 10.6 Å². The summed E-state index contributed by atoms with van der Waals surface area (Å²) in [7, 11) is 0. The van der Waals surface area contributed by atoms with E-state index in [4.69, 9.17) is 32.7 Å². The minimum atomic E-state index is -0.0800. The molecule has 1 heterocycles. The second-order valence-electron chi connectivity index (χ2n) is 4.01. The number of rotatable bonds is 4. The Kier molecular flexibility index (Phi) is 5.01. The van der Waals surface area contributed by atoms with E-state index in [0.717, 1.165) is 0 Å². The van der Waals surface area contributed by atoms with Gasteiger partial charge < -0.3 is 9.47 Å². The van der Waals surface area contributed by atoms with Gasteiger partial charge in [0.25, 0.3) is 0 Å². The van der Waals surface area contributed by atoms with Gasteiger partial charge in [-0.1, -0.05) is 11.6 Å². The molecule has 0 radical (unpaired) electrons. The highest BCUT2D eigenvalue weighted by atomic mass is 79.9. The van der Waals surface area contributed by atoms with Crippen molar-refractivity contribution in [3.05, 3.63) is 33.0 Å². The summed E-state index contributed by atoms with van der Waals surface area (Å²) in [6.45, 7) is 3.71. The molecule has 0 unspecified atom stereocenters. The van der Waals surface area contributed by atoms with E-state index in [1.54, 1.807) is 18.2 Å². The molecule has 0 spiro atoms. The molecule has 8 heteroatoms. The van der Waals surface area contributed by atoms with Gasteiger partial charge in [0, 0.05) is 5.02 Å². The van der Waals surface area contributed by atoms with Gasteiger partial charge in [-0.3, -0.25) is 0 Å². The standard InChI is InChI=1S/C12H10BrCl2N3O2/c1-6(2)19-11-16-10(15)17-12(18-11)20-9-4-3-7(14)5-8(9)13/h3-6H,1-2H3. The second kappa shape index (κ2) is 6.56. The molecule has 0 fully saturated rings. The molecule has 0 saturated heterocycles. The molecule has 0 amide bonds. The Morgan fingerprint density at radius 1 is 1.10 bits per heavy atom. The van der Waals surface area contributed by atoms with Crippen molar-refractivity contribution < 1.29 is 9.47 Å². The predicted molar refractivity (Wildman–Crippen MR) is 79.8 cm³/mol. The molecule has 0 aliphatic rings. The molecule has 0 saturated carbocycles. The van der Waals surface area contributed by atoms with Crippen molar-refractivity contribution in [2.45, 2.75) is 20.0 Å². The number of benzene rings is 1. The molecule has 0 aliphatic heterocycles. The fraction of sp³-hybridized carbons (Fsp3) is 0.250. The summed E-state index contributed by atoms with van der Waals surface area (Å²) in [5, 5.41) is 0.581. The van der Waals surface area contributed by atoms with Crippen LogP contribution in [0.3, 0.4) is 0 Å². The first-order valence-corrected chi connectivity index (χ1v) is 7.20. The maximum absolute atomic E-state index is 5.86.